The highest BCUT2D eigenvalue weighted by molar-refractivity contribution is 6.10. The zero-order chi connectivity index (χ0) is 12.6. The van der Waals surface area contributed by atoms with Crippen molar-refractivity contribution in [1.82, 2.24) is 4.98 Å². The maximum atomic E-state index is 12.2. The van der Waals surface area contributed by atoms with Crippen LogP contribution in [-0.4, -0.2) is 17.9 Å². The van der Waals surface area contributed by atoms with Crippen molar-refractivity contribution in [1.29, 1.82) is 0 Å². The first-order valence-corrected chi connectivity index (χ1v) is 5.75. The summed E-state index contributed by atoms with van der Waals surface area (Å²) in [5.74, 6) is 0.940. The quantitative estimate of drug-likeness (QED) is 0.823. The van der Waals surface area contributed by atoms with Gasteiger partial charge in [0.2, 0.25) is 0 Å². The van der Waals surface area contributed by atoms with E-state index in [1.165, 1.54) is 0 Å². The van der Waals surface area contributed by atoms with Gasteiger partial charge in [0.1, 0.15) is 5.75 Å². The third-order valence-electron chi connectivity index (χ3n) is 2.96. The van der Waals surface area contributed by atoms with E-state index in [0.29, 0.717) is 0 Å². The predicted octanol–water partition coefficient (Wildman–Crippen LogP) is 3.32. The van der Waals surface area contributed by atoms with E-state index in [2.05, 4.69) is 4.98 Å². The Bertz CT molecular complexity index is 567. The first-order chi connectivity index (χ1) is 8.04. The van der Waals surface area contributed by atoms with Gasteiger partial charge in [-0.05, 0) is 25.1 Å². The number of carbonyl (C=O) groups excluding carboxylic acids is 1. The summed E-state index contributed by atoms with van der Waals surface area (Å²) < 4.78 is 5.20. The molecule has 1 aromatic carbocycles. The number of H-pyrrole nitrogens is 1. The third kappa shape index (κ3) is 1.93. The van der Waals surface area contributed by atoms with Gasteiger partial charge in [0.15, 0.2) is 5.78 Å². The summed E-state index contributed by atoms with van der Waals surface area (Å²) in [5, 5.41) is 0.945. The van der Waals surface area contributed by atoms with Crippen molar-refractivity contribution < 1.29 is 9.53 Å². The number of rotatable bonds is 3. The maximum Gasteiger partial charge on any atom is 0.167 e. The fourth-order valence-electron chi connectivity index (χ4n) is 2.04. The van der Waals surface area contributed by atoms with Gasteiger partial charge in [0.05, 0.1) is 7.11 Å². The smallest absolute Gasteiger partial charge is 0.167 e. The summed E-state index contributed by atoms with van der Waals surface area (Å²) in [6.07, 6.45) is 0. The van der Waals surface area contributed by atoms with Crippen LogP contribution in [0.4, 0.5) is 0 Å². The van der Waals surface area contributed by atoms with Gasteiger partial charge in [0.25, 0.3) is 0 Å². The Morgan fingerprint density at radius 2 is 2.06 bits per heavy atom. The molecule has 0 saturated carbocycles. The Morgan fingerprint density at radius 3 is 2.65 bits per heavy atom. The van der Waals surface area contributed by atoms with Crippen LogP contribution in [0.1, 0.15) is 29.9 Å². The van der Waals surface area contributed by atoms with Gasteiger partial charge in [-0.25, -0.2) is 0 Å². The number of benzene rings is 1. The summed E-state index contributed by atoms with van der Waals surface area (Å²) in [6, 6.07) is 5.74. The molecule has 0 saturated heterocycles. The van der Waals surface area contributed by atoms with Gasteiger partial charge < -0.3 is 9.72 Å². The third-order valence-corrected chi connectivity index (χ3v) is 2.96. The van der Waals surface area contributed by atoms with E-state index in [4.69, 9.17) is 4.74 Å². The maximum absolute atomic E-state index is 12.2. The molecule has 0 radical (unpaired) electrons. The molecule has 1 heterocycles. The number of aromatic nitrogens is 1. The number of aromatic amines is 1. The summed E-state index contributed by atoms with van der Waals surface area (Å²) in [4.78, 5) is 15.4. The Kier molecular flexibility index (Phi) is 2.92. The van der Waals surface area contributed by atoms with Crippen LogP contribution in [0.2, 0.25) is 0 Å². The van der Waals surface area contributed by atoms with Crippen molar-refractivity contribution in [3.63, 3.8) is 0 Å². The number of hydrogen-bond acceptors (Lipinski definition) is 2. The molecule has 0 amide bonds. The molecule has 0 aliphatic carbocycles. The van der Waals surface area contributed by atoms with Crippen LogP contribution in [0.25, 0.3) is 10.9 Å². The lowest BCUT2D eigenvalue weighted by molar-refractivity contribution is 0.0940. The molecule has 3 nitrogen and oxygen atoms in total. The number of aryl methyl sites for hydroxylation is 1. The van der Waals surface area contributed by atoms with E-state index in [9.17, 15) is 4.79 Å². The van der Waals surface area contributed by atoms with Crippen molar-refractivity contribution in [3.05, 3.63) is 29.5 Å². The molecule has 0 spiro atoms. The van der Waals surface area contributed by atoms with Crippen LogP contribution in [-0.2, 0) is 0 Å². The van der Waals surface area contributed by atoms with Gasteiger partial charge in [-0.3, -0.25) is 4.79 Å². The molecule has 0 atom stereocenters. The summed E-state index contributed by atoms with van der Waals surface area (Å²) in [5.41, 5.74) is 2.69. The molecule has 90 valence electrons. The second-order valence-electron chi connectivity index (χ2n) is 4.56. The average molecular weight is 231 g/mol. The number of nitrogens with one attached hydrogen (secondary N) is 1. The van der Waals surface area contributed by atoms with Gasteiger partial charge in [-0.1, -0.05) is 13.8 Å². The lowest BCUT2D eigenvalue weighted by Gasteiger charge is -2.05. The zero-order valence-corrected chi connectivity index (χ0v) is 10.6. The van der Waals surface area contributed by atoms with Gasteiger partial charge in [-0.2, -0.15) is 0 Å². The Hall–Kier alpha value is -1.77. The molecule has 0 bridgehead atoms. The topological polar surface area (TPSA) is 42.1 Å². The highest BCUT2D eigenvalue weighted by Gasteiger charge is 2.18. The Balaban J connectivity index is 2.68. The molecule has 0 aliphatic heterocycles. The van der Waals surface area contributed by atoms with Crippen LogP contribution in [0.15, 0.2) is 18.2 Å². The van der Waals surface area contributed by atoms with E-state index in [1.54, 1.807) is 7.11 Å². The second-order valence-corrected chi connectivity index (χ2v) is 4.56. The van der Waals surface area contributed by atoms with Crippen LogP contribution in [0.5, 0.6) is 5.75 Å². The van der Waals surface area contributed by atoms with Crippen LogP contribution in [0.3, 0.4) is 0 Å². The van der Waals surface area contributed by atoms with E-state index in [-0.39, 0.29) is 11.7 Å². The minimum atomic E-state index is -0.00102. The number of hydrogen-bond donors (Lipinski definition) is 1. The van der Waals surface area contributed by atoms with E-state index < -0.39 is 0 Å². The molecule has 3 heteroatoms. The van der Waals surface area contributed by atoms with Crippen molar-refractivity contribution in [2.45, 2.75) is 20.8 Å². The Morgan fingerprint density at radius 1 is 1.35 bits per heavy atom. The first kappa shape index (κ1) is 11.7. The zero-order valence-electron chi connectivity index (χ0n) is 10.6. The minimum absolute atomic E-state index is 0.00102. The lowest BCUT2D eigenvalue weighted by atomic mass is 9.98. The summed E-state index contributed by atoms with van der Waals surface area (Å²) in [7, 11) is 1.63. The second kappa shape index (κ2) is 4.24. The number of ketones is 1. The standard InChI is InChI=1S/C14H17NO2/c1-8(2)14(16)13-9(3)15-12-6-5-10(17-4)7-11(12)13/h5-8,15H,1-4H3. The molecule has 1 N–H and O–H groups in total. The minimum Gasteiger partial charge on any atom is -0.497 e. The molecular formula is C14H17NO2. The SMILES string of the molecule is COc1ccc2[nH]c(C)c(C(=O)C(C)C)c2c1. The van der Waals surface area contributed by atoms with Gasteiger partial charge in [-0.15, -0.1) is 0 Å². The van der Waals surface area contributed by atoms with Crippen molar-refractivity contribution in [3.8, 4) is 5.75 Å². The number of ether oxygens (including phenoxy) is 1. The highest BCUT2D eigenvalue weighted by atomic mass is 16.5. The predicted molar refractivity (Wildman–Crippen MR) is 68.8 cm³/mol. The van der Waals surface area contributed by atoms with Gasteiger partial charge in [0, 0.05) is 28.1 Å². The van der Waals surface area contributed by atoms with Crippen LogP contribution in [0, 0.1) is 12.8 Å². The highest BCUT2D eigenvalue weighted by Crippen LogP contribution is 2.28. The van der Waals surface area contributed by atoms with E-state index >= 15 is 0 Å². The van der Waals surface area contributed by atoms with Crippen LogP contribution >= 0.6 is 0 Å². The van der Waals surface area contributed by atoms with Crippen molar-refractivity contribution >= 4 is 16.7 Å². The monoisotopic (exact) mass is 231 g/mol. The molecule has 0 unspecified atom stereocenters. The first-order valence-electron chi connectivity index (χ1n) is 5.75. The molecule has 2 rings (SSSR count). The van der Waals surface area contributed by atoms with E-state index in [0.717, 1.165) is 27.9 Å². The fraction of sp³-hybridized carbons (Fsp3) is 0.357. The van der Waals surface area contributed by atoms with Crippen LogP contribution < -0.4 is 4.74 Å². The molecule has 0 fully saturated rings. The van der Waals surface area contributed by atoms with Gasteiger partial charge >= 0.3 is 0 Å². The van der Waals surface area contributed by atoms with E-state index in [1.807, 2.05) is 39.0 Å². The fourth-order valence-corrected chi connectivity index (χ4v) is 2.04. The average Bonchev–Trinajstić information content (AvgIpc) is 2.62. The number of methoxy groups -OCH3 is 1. The number of Topliss-reactive ketones (excluding diaryl/α,β-unsaturated/α-hetero) is 1. The largest absolute Gasteiger partial charge is 0.497 e. The normalized spacial score (nSPS) is 11.1. The molecule has 0 aliphatic rings. The molecule has 17 heavy (non-hydrogen) atoms. The molecule has 1 aromatic heterocycles. The van der Waals surface area contributed by atoms with Crippen molar-refractivity contribution in [2.24, 2.45) is 5.92 Å². The lowest BCUT2D eigenvalue weighted by Crippen LogP contribution is -2.08. The number of carbonyl (C=O) groups is 1. The summed E-state index contributed by atoms with van der Waals surface area (Å²) >= 11 is 0. The molecular weight excluding hydrogens is 214 g/mol. The van der Waals surface area contributed by atoms with Crippen molar-refractivity contribution in [2.75, 3.05) is 7.11 Å². The number of fused-ring (bicyclic) bond motifs is 1. The molecule has 2 aromatic rings. The summed E-state index contributed by atoms with van der Waals surface area (Å²) in [6.45, 7) is 5.77. The Labute approximate surface area is 101 Å².